The molecule has 0 spiro atoms. The van der Waals surface area contributed by atoms with Gasteiger partial charge in [-0.1, -0.05) is 6.92 Å². The Morgan fingerprint density at radius 3 is 2.82 bits per heavy atom. The third-order valence-electron chi connectivity index (χ3n) is 1.08. The second-order valence-electron chi connectivity index (χ2n) is 2.18. The van der Waals surface area contributed by atoms with E-state index in [1.54, 1.807) is 0 Å². The zero-order valence-corrected chi connectivity index (χ0v) is 8.52. The van der Waals surface area contributed by atoms with Gasteiger partial charge in [0, 0.05) is 11.8 Å². The Morgan fingerprint density at radius 2 is 2.36 bits per heavy atom. The maximum atomic E-state index is 5.09. The molecule has 0 saturated carbocycles. The number of hydrogen-bond acceptors (Lipinski definition) is 3. The molecule has 1 atom stereocenters. The summed E-state index contributed by atoms with van der Waals surface area (Å²) >= 11 is 6.70. The lowest BCUT2D eigenvalue weighted by Crippen LogP contribution is -2.44. The lowest BCUT2D eigenvalue weighted by atomic mass is 10.4. The average molecular weight is 193 g/mol. The van der Waals surface area contributed by atoms with Crippen molar-refractivity contribution in [3.63, 3.8) is 0 Å². The molecule has 3 nitrogen and oxygen atoms in total. The van der Waals surface area contributed by atoms with Gasteiger partial charge in [-0.2, -0.15) is 11.8 Å². The van der Waals surface area contributed by atoms with Gasteiger partial charge >= 0.3 is 0 Å². The molecule has 0 aromatic heterocycles. The SMILES string of the molecule is CCSCC(C)NC(=S)NN. The van der Waals surface area contributed by atoms with Gasteiger partial charge in [-0.25, -0.2) is 5.84 Å². The highest BCUT2D eigenvalue weighted by molar-refractivity contribution is 7.99. The standard InChI is InChI=1S/C6H15N3S2/c1-3-11-4-5(2)8-6(10)9-7/h5H,3-4,7H2,1-2H3,(H2,8,9,10). The van der Waals surface area contributed by atoms with Crippen LogP contribution in [0.2, 0.25) is 0 Å². The lowest BCUT2D eigenvalue weighted by Gasteiger charge is -2.13. The first kappa shape index (κ1) is 11.0. The monoisotopic (exact) mass is 193 g/mol. The van der Waals surface area contributed by atoms with Crippen LogP contribution in [-0.4, -0.2) is 22.7 Å². The van der Waals surface area contributed by atoms with Crippen LogP contribution in [-0.2, 0) is 0 Å². The Bertz CT molecular complexity index is 118. The molecule has 0 amide bonds. The third kappa shape index (κ3) is 6.40. The summed E-state index contributed by atoms with van der Waals surface area (Å²) in [6, 6.07) is 0.378. The molecule has 0 aromatic carbocycles. The van der Waals surface area contributed by atoms with Gasteiger partial charge < -0.3 is 10.7 Å². The summed E-state index contributed by atoms with van der Waals surface area (Å²) < 4.78 is 0. The topological polar surface area (TPSA) is 50.1 Å². The van der Waals surface area contributed by atoms with Gasteiger partial charge in [-0.05, 0) is 24.9 Å². The van der Waals surface area contributed by atoms with Gasteiger partial charge in [0.25, 0.3) is 0 Å². The smallest absolute Gasteiger partial charge is 0.180 e. The highest BCUT2D eigenvalue weighted by Crippen LogP contribution is 2.00. The van der Waals surface area contributed by atoms with Crippen LogP contribution in [0.25, 0.3) is 0 Å². The van der Waals surface area contributed by atoms with Crippen molar-refractivity contribution < 1.29 is 0 Å². The van der Waals surface area contributed by atoms with E-state index < -0.39 is 0 Å². The molecule has 0 radical (unpaired) electrons. The average Bonchev–Trinajstić information content (AvgIpc) is 2.00. The van der Waals surface area contributed by atoms with E-state index in [2.05, 4.69) is 24.6 Å². The molecule has 1 unspecified atom stereocenters. The Morgan fingerprint density at radius 1 is 1.73 bits per heavy atom. The Balaban J connectivity index is 3.35. The molecule has 0 aliphatic rings. The van der Waals surface area contributed by atoms with Crippen LogP contribution in [0.1, 0.15) is 13.8 Å². The van der Waals surface area contributed by atoms with Crippen molar-refractivity contribution >= 4 is 29.1 Å². The van der Waals surface area contributed by atoms with Gasteiger partial charge in [0.1, 0.15) is 0 Å². The van der Waals surface area contributed by atoms with Crippen molar-refractivity contribution in [2.45, 2.75) is 19.9 Å². The summed E-state index contributed by atoms with van der Waals surface area (Å²) in [5.41, 5.74) is 2.38. The Kier molecular flexibility index (Phi) is 6.69. The minimum atomic E-state index is 0.378. The normalized spacial score (nSPS) is 12.3. The van der Waals surface area contributed by atoms with Crippen molar-refractivity contribution in [1.82, 2.24) is 10.7 Å². The van der Waals surface area contributed by atoms with Crippen molar-refractivity contribution in [2.75, 3.05) is 11.5 Å². The zero-order chi connectivity index (χ0) is 8.69. The molecular weight excluding hydrogens is 178 g/mol. The number of thioether (sulfide) groups is 1. The third-order valence-corrected chi connectivity index (χ3v) is 2.46. The van der Waals surface area contributed by atoms with Gasteiger partial charge in [0.05, 0.1) is 0 Å². The summed E-state index contributed by atoms with van der Waals surface area (Å²) in [4.78, 5) is 0. The molecule has 0 heterocycles. The molecule has 0 aliphatic heterocycles. The predicted octanol–water partition coefficient (Wildman–Crippen LogP) is 0.466. The van der Waals surface area contributed by atoms with Crippen molar-refractivity contribution in [3.8, 4) is 0 Å². The van der Waals surface area contributed by atoms with E-state index in [1.165, 1.54) is 0 Å². The molecule has 0 rings (SSSR count). The second-order valence-corrected chi connectivity index (χ2v) is 3.91. The minimum absolute atomic E-state index is 0.378. The van der Waals surface area contributed by atoms with E-state index in [4.69, 9.17) is 18.1 Å². The summed E-state index contributed by atoms with van der Waals surface area (Å²) in [6.07, 6.45) is 0. The number of hydrazine groups is 1. The molecule has 0 aromatic rings. The van der Waals surface area contributed by atoms with Gasteiger partial charge in [-0.3, -0.25) is 0 Å². The van der Waals surface area contributed by atoms with E-state index in [0.717, 1.165) is 11.5 Å². The van der Waals surface area contributed by atoms with Crippen LogP contribution in [0.5, 0.6) is 0 Å². The first-order valence-electron chi connectivity index (χ1n) is 3.55. The summed E-state index contributed by atoms with van der Waals surface area (Å²) in [5.74, 6) is 7.28. The fourth-order valence-corrected chi connectivity index (χ4v) is 1.48. The van der Waals surface area contributed by atoms with E-state index in [0.29, 0.717) is 11.2 Å². The van der Waals surface area contributed by atoms with Gasteiger partial charge in [0.15, 0.2) is 5.11 Å². The van der Waals surface area contributed by atoms with E-state index in [1.807, 2.05) is 11.8 Å². The first-order chi connectivity index (χ1) is 5.20. The molecule has 0 saturated heterocycles. The second kappa shape index (κ2) is 6.69. The fourth-order valence-electron chi connectivity index (χ4n) is 0.602. The van der Waals surface area contributed by atoms with E-state index in [9.17, 15) is 0 Å². The molecule has 11 heavy (non-hydrogen) atoms. The molecule has 0 bridgehead atoms. The predicted molar refractivity (Wildman–Crippen MR) is 55.5 cm³/mol. The number of thiocarbonyl (C=S) groups is 1. The summed E-state index contributed by atoms with van der Waals surface area (Å²) in [7, 11) is 0. The van der Waals surface area contributed by atoms with Gasteiger partial charge in [0.2, 0.25) is 0 Å². The van der Waals surface area contributed by atoms with E-state index >= 15 is 0 Å². The van der Waals surface area contributed by atoms with Crippen LogP contribution in [0.15, 0.2) is 0 Å². The highest BCUT2D eigenvalue weighted by Gasteiger charge is 2.01. The zero-order valence-electron chi connectivity index (χ0n) is 6.89. The largest absolute Gasteiger partial charge is 0.358 e. The van der Waals surface area contributed by atoms with Crippen LogP contribution >= 0.6 is 24.0 Å². The van der Waals surface area contributed by atoms with Crippen molar-refractivity contribution in [3.05, 3.63) is 0 Å². The minimum Gasteiger partial charge on any atom is -0.358 e. The van der Waals surface area contributed by atoms with Crippen LogP contribution in [0, 0.1) is 0 Å². The Labute approximate surface area is 77.5 Å². The maximum absolute atomic E-state index is 5.09. The highest BCUT2D eigenvalue weighted by atomic mass is 32.2. The number of nitrogens with one attached hydrogen (secondary N) is 2. The van der Waals surface area contributed by atoms with E-state index in [-0.39, 0.29) is 0 Å². The van der Waals surface area contributed by atoms with Gasteiger partial charge in [-0.15, -0.1) is 0 Å². The van der Waals surface area contributed by atoms with Crippen LogP contribution < -0.4 is 16.6 Å². The number of rotatable bonds is 4. The summed E-state index contributed by atoms with van der Waals surface area (Å²) in [5, 5.41) is 3.55. The molecule has 66 valence electrons. The van der Waals surface area contributed by atoms with Crippen molar-refractivity contribution in [2.24, 2.45) is 5.84 Å². The molecule has 0 fully saturated rings. The van der Waals surface area contributed by atoms with Crippen LogP contribution in [0.4, 0.5) is 0 Å². The first-order valence-corrected chi connectivity index (χ1v) is 5.11. The molecule has 4 N–H and O–H groups in total. The van der Waals surface area contributed by atoms with Crippen LogP contribution in [0.3, 0.4) is 0 Å². The lowest BCUT2D eigenvalue weighted by molar-refractivity contribution is 0.728. The number of hydrogen-bond donors (Lipinski definition) is 3. The quantitative estimate of drug-likeness (QED) is 0.344. The maximum Gasteiger partial charge on any atom is 0.180 e. The van der Waals surface area contributed by atoms with Crippen molar-refractivity contribution in [1.29, 1.82) is 0 Å². The summed E-state index contributed by atoms with van der Waals surface area (Å²) in [6.45, 7) is 4.21. The fraction of sp³-hybridized carbons (Fsp3) is 0.833. The molecule has 5 heteroatoms. The Hall–Kier alpha value is -0.0000000000000000486. The molecular formula is C6H15N3S2. The molecule has 0 aliphatic carbocycles. The number of nitrogens with two attached hydrogens (primary N) is 1.